The van der Waals surface area contributed by atoms with Gasteiger partial charge in [-0.3, -0.25) is 9.78 Å². The summed E-state index contributed by atoms with van der Waals surface area (Å²) >= 11 is 6.00. The number of rotatable bonds is 3. The van der Waals surface area contributed by atoms with Gasteiger partial charge in [-0.1, -0.05) is 17.7 Å². The summed E-state index contributed by atoms with van der Waals surface area (Å²) in [5, 5.41) is 0.650. The molecule has 3 heterocycles. The molecule has 0 bridgehead atoms. The molecule has 0 N–H and O–H groups in total. The highest BCUT2D eigenvalue weighted by Gasteiger charge is 2.26. The standard InChI is InChI=1S/C20H18ClN3O2/c21-15-4-6-18-17(13-15)23-20(26-18)14-8-11-24(12-9-14)19(25)7-5-16-3-1-2-10-22-16/h1-7,10,13-14H,8-9,11-12H2/b7-5+. The van der Waals surface area contributed by atoms with E-state index in [9.17, 15) is 4.79 Å². The van der Waals surface area contributed by atoms with E-state index in [1.807, 2.05) is 35.2 Å². The molecular weight excluding hydrogens is 350 g/mol. The van der Waals surface area contributed by atoms with Crippen molar-refractivity contribution in [2.24, 2.45) is 0 Å². The zero-order valence-electron chi connectivity index (χ0n) is 14.1. The molecule has 6 heteroatoms. The molecule has 1 saturated heterocycles. The van der Waals surface area contributed by atoms with Crippen molar-refractivity contribution in [3.05, 3.63) is 65.3 Å². The zero-order valence-corrected chi connectivity index (χ0v) is 14.9. The normalized spacial score (nSPS) is 15.8. The summed E-state index contributed by atoms with van der Waals surface area (Å²) in [5.74, 6) is 0.974. The number of carbonyl (C=O) groups excluding carboxylic acids is 1. The first kappa shape index (κ1) is 16.8. The van der Waals surface area contributed by atoms with Gasteiger partial charge in [-0.05, 0) is 49.2 Å². The number of nitrogens with zero attached hydrogens (tertiary/aromatic N) is 3. The maximum absolute atomic E-state index is 12.4. The Hall–Kier alpha value is -2.66. The number of hydrogen-bond donors (Lipinski definition) is 0. The largest absolute Gasteiger partial charge is 0.440 e. The summed E-state index contributed by atoms with van der Waals surface area (Å²) in [4.78, 5) is 23.0. The first-order chi connectivity index (χ1) is 12.7. The molecule has 0 aliphatic carbocycles. The minimum Gasteiger partial charge on any atom is -0.440 e. The lowest BCUT2D eigenvalue weighted by atomic mass is 9.96. The van der Waals surface area contributed by atoms with Gasteiger partial charge in [-0.2, -0.15) is 0 Å². The Morgan fingerprint density at radius 1 is 1.23 bits per heavy atom. The Kier molecular flexibility index (Phi) is 4.71. The third-order valence-electron chi connectivity index (χ3n) is 4.61. The highest BCUT2D eigenvalue weighted by Crippen LogP contribution is 2.30. The molecule has 0 atom stereocenters. The number of likely N-dealkylation sites (tertiary alicyclic amines) is 1. The maximum atomic E-state index is 12.4. The monoisotopic (exact) mass is 367 g/mol. The molecule has 0 unspecified atom stereocenters. The predicted octanol–water partition coefficient (Wildman–Crippen LogP) is 4.30. The third kappa shape index (κ3) is 3.63. The maximum Gasteiger partial charge on any atom is 0.246 e. The van der Waals surface area contributed by atoms with E-state index < -0.39 is 0 Å². The second-order valence-corrected chi connectivity index (χ2v) is 6.79. The molecule has 1 aromatic carbocycles. The Morgan fingerprint density at radius 2 is 2.08 bits per heavy atom. The van der Waals surface area contributed by atoms with E-state index in [4.69, 9.17) is 16.0 Å². The fourth-order valence-corrected chi connectivity index (χ4v) is 3.34. The highest BCUT2D eigenvalue weighted by atomic mass is 35.5. The fraction of sp³-hybridized carbons (Fsp3) is 0.250. The van der Waals surface area contributed by atoms with Crippen LogP contribution < -0.4 is 0 Å². The Labute approximate surface area is 156 Å². The first-order valence-electron chi connectivity index (χ1n) is 8.63. The van der Waals surface area contributed by atoms with Crippen molar-refractivity contribution in [1.29, 1.82) is 0 Å². The number of oxazole rings is 1. The van der Waals surface area contributed by atoms with Gasteiger partial charge in [0.05, 0.1) is 5.69 Å². The van der Waals surface area contributed by atoms with Crippen LogP contribution in [0.3, 0.4) is 0 Å². The number of hydrogen-bond acceptors (Lipinski definition) is 4. The number of aromatic nitrogens is 2. The summed E-state index contributed by atoms with van der Waals surface area (Å²) < 4.78 is 5.87. The summed E-state index contributed by atoms with van der Waals surface area (Å²) in [6, 6.07) is 11.1. The van der Waals surface area contributed by atoms with Crippen molar-refractivity contribution in [3.63, 3.8) is 0 Å². The van der Waals surface area contributed by atoms with Crippen molar-refractivity contribution in [2.75, 3.05) is 13.1 Å². The topological polar surface area (TPSA) is 59.2 Å². The van der Waals surface area contributed by atoms with Crippen molar-refractivity contribution in [3.8, 4) is 0 Å². The first-order valence-corrected chi connectivity index (χ1v) is 9.01. The molecule has 4 rings (SSSR count). The van der Waals surface area contributed by atoms with Crippen LogP contribution in [0.5, 0.6) is 0 Å². The molecule has 26 heavy (non-hydrogen) atoms. The fourth-order valence-electron chi connectivity index (χ4n) is 3.18. The van der Waals surface area contributed by atoms with E-state index in [1.54, 1.807) is 24.4 Å². The van der Waals surface area contributed by atoms with E-state index >= 15 is 0 Å². The zero-order chi connectivity index (χ0) is 17.9. The van der Waals surface area contributed by atoms with Gasteiger partial charge >= 0.3 is 0 Å². The minimum atomic E-state index is 0.0125. The molecule has 2 aromatic heterocycles. The number of pyridine rings is 1. The van der Waals surface area contributed by atoms with Crippen LogP contribution in [0.25, 0.3) is 17.2 Å². The van der Waals surface area contributed by atoms with Crippen LogP contribution in [-0.2, 0) is 4.79 Å². The number of piperidine rings is 1. The smallest absolute Gasteiger partial charge is 0.246 e. The lowest BCUT2D eigenvalue weighted by Gasteiger charge is -2.29. The van der Waals surface area contributed by atoms with Crippen LogP contribution in [0, 0.1) is 0 Å². The number of benzene rings is 1. The van der Waals surface area contributed by atoms with Crippen LogP contribution in [0.15, 0.2) is 53.1 Å². The molecule has 1 aliphatic heterocycles. The molecule has 1 aliphatic rings. The predicted molar refractivity (Wildman–Crippen MR) is 101 cm³/mol. The second-order valence-electron chi connectivity index (χ2n) is 6.35. The van der Waals surface area contributed by atoms with Crippen molar-refractivity contribution in [1.82, 2.24) is 14.9 Å². The van der Waals surface area contributed by atoms with E-state index in [-0.39, 0.29) is 11.8 Å². The van der Waals surface area contributed by atoms with Crippen molar-refractivity contribution >= 4 is 34.7 Å². The quantitative estimate of drug-likeness (QED) is 0.648. The molecule has 0 spiro atoms. The van der Waals surface area contributed by atoms with Crippen LogP contribution in [0.4, 0.5) is 0 Å². The molecule has 3 aromatic rings. The SMILES string of the molecule is O=C(/C=C/c1ccccn1)N1CCC(c2nc3cc(Cl)ccc3o2)CC1. The summed E-state index contributed by atoms with van der Waals surface area (Å²) in [7, 11) is 0. The number of halogens is 1. The van der Waals surface area contributed by atoms with Gasteiger partial charge in [0.1, 0.15) is 5.52 Å². The average molecular weight is 368 g/mol. The molecule has 1 fully saturated rings. The van der Waals surface area contributed by atoms with Gasteiger partial charge in [0.15, 0.2) is 11.5 Å². The number of fused-ring (bicyclic) bond motifs is 1. The van der Waals surface area contributed by atoms with Gasteiger partial charge in [0.2, 0.25) is 5.91 Å². The highest BCUT2D eigenvalue weighted by molar-refractivity contribution is 6.31. The second kappa shape index (κ2) is 7.30. The number of amides is 1. The van der Waals surface area contributed by atoms with Gasteiger partial charge in [0.25, 0.3) is 0 Å². The van der Waals surface area contributed by atoms with E-state index in [2.05, 4.69) is 9.97 Å². The van der Waals surface area contributed by atoms with E-state index in [0.29, 0.717) is 18.1 Å². The third-order valence-corrected chi connectivity index (χ3v) is 4.84. The minimum absolute atomic E-state index is 0.0125. The van der Waals surface area contributed by atoms with Gasteiger partial charge in [-0.15, -0.1) is 0 Å². The van der Waals surface area contributed by atoms with Crippen LogP contribution in [0.2, 0.25) is 5.02 Å². The van der Waals surface area contributed by atoms with Crippen LogP contribution in [-0.4, -0.2) is 33.9 Å². The van der Waals surface area contributed by atoms with E-state index in [1.165, 1.54) is 0 Å². The molecule has 132 valence electrons. The van der Waals surface area contributed by atoms with Crippen LogP contribution >= 0.6 is 11.6 Å². The average Bonchev–Trinajstić information content (AvgIpc) is 3.10. The molecule has 0 saturated carbocycles. The summed E-state index contributed by atoms with van der Waals surface area (Å²) in [6.07, 6.45) is 6.72. The Bertz CT molecular complexity index is 944. The Morgan fingerprint density at radius 3 is 2.85 bits per heavy atom. The van der Waals surface area contributed by atoms with Gasteiger partial charge < -0.3 is 9.32 Å². The number of carbonyl (C=O) groups is 1. The lowest BCUT2D eigenvalue weighted by molar-refractivity contribution is -0.127. The molecule has 0 radical (unpaired) electrons. The van der Waals surface area contributed by atoms with Gasteiger partial charge in [-0.25, -0.2) is 4.98 Å². The van der Waals surface area contributed by atoms with Gasteiger partial charge in [0, 0.05) is 36.3 Å². The lowest BCUT2D eigenvalue weighted by Crippen LogP contribution is -2.36. The van der Waals surface area contributed by atoms with Crippen molar-refractivity contribution in [2.45, 2.75) is 18.8 Å². The summed E-state index contributed by atoms with van der Waals surface area (Å²) in [6.45, 7) is 1.38. The van der Waals surface area contributed by atoms with Crippen LogP contribution in [0.1, 0.15) is 30.3 Å². The molecule has 5 nitrogen and oxygen atoms in total. The van der Waals surface area contributed by atoms with Crippen molar-refractivity contribution < 1.29 is 9.21 Å². The van der Waals surface area contributed by atoms with E-state index in [0.717, 1.165) is 35.5 Å². The molecular formula is C20H18ClN3O2. The molecule has 1 amide bonds. The Balaban J connectivity index is 1.38. The summed E-state index contributed by atoms with van der Waals surface area (Å²) in [5.41, 5.74) is 2.31.